The number of rotatable bonds is 9. The first-order valence-corrected chi connectivity index (χ1v) is 9.43. The van der Waals surface area contributed by atoms with Crippen LogP contribution in [0.15, 0.2) is 42.5 Å². The molecule has 0 aliphatic rings. The zero-order chi connectivity index (χ0) is 20.7. The second-order valence-electron chi connectivity index (χ2n) is 6.89. The summed E-state index contributed by atoms with van der Waals surface area (Å²) in [5.41, 5.74) is 2.65. The molecule has 0 spiro atoms. The quantitative estimate of drug-likeness (QED) is 0.494. The number of carbonyl (C=O) groups is 1. The Kier molecular flexibility index (Phi) is 7.99. The number of phenols is 1. The van der Waals surface area contributed by atoms with Crippen LogP contribution in [0, 0.1) is 0 Å². The van der Waals surface area contributed by atoms with Crippen molar-refractivity contribution in [1.82, 2.24) is 5.32 Å². The van der Waals surface area contributed by atoms with Crippen molar-refractivity contribution in [2.24, 2.45) is 0 Å². The van der Waals surface area contributed by atoms with Gasteiger partial charge in [-0.15, -0.1) is 0 Å². The van der Waals surface area contributed by atoms with E-state index < -0.39 is 6.10 Å². The molecule has 28 heavy (non-hydrogen) atoms. The minimum Gasteiger partial charge on any atom is -0.508 e. The van der Waals surface area contributed by atoms with E-state index in [1.807, 2.05) is 12.1 Å². The van der Waals surface area contributed by atoms with Gasteiger partial charge in [0.25, 0.3) is 0 Å². The number of esters is 1. The lowest BCUT2D eigenvalue weighted by atomic mass is 9.89. The van der Waals surface area contributed by atoms with Crippen LogP contribution in [0.25, 0.3) is 0 Å². The van der Waals surface area contributed by atoms with Gasteiger partial charge in [-0.1, -0.05) is 25.1 Å². The summed E-state index contributed by atoms with van der Waals surface area (Å²) < 4.78 is 4.73. The molecule has 3 atom stereocenters. The van der Waals surface area contributed by atoms with E-state index in [2.05, 4.69) is 19.2 Å². The largest absolute Gasteiger partial charge is 0.508 e. The molecular weight excluding hydrogens is 358 g/mol. The molecule has 0 bridgehead atoms. The number of aromatic hydroxyl groups is 1. The third kappa shape index (κ3) is 5.32. The second-order valence-corrected chi connectivity index (χ2v) is 6.89. The average Bonchev–Trinajstić information content (AvgIpc) is 2.72. The maximum atomic E-state index is 11.6. The van der Waals surface area contributed by atoms with Crippen LogP contribution in [0.4, 0.5) is 0 Å². The van der Waals surface area contributed by atoms with Crippen molar-refractivity contribution in [3.63, 3.8) is 0 Å². The highest BCUT2D eigenvalue weighted by molar-refractivity contribution is 5.89. The molecule has 3 unspecified atom stereocenters. The van der Waals surface area contributed by atoms with E-state index in [0.717, 1.165) is 12.0 Å². The molecule has 2 rings (SSSR count). The van der Waals surface area contributed by atoms with Crippen LogP contribution >= 0.6 is 0 Å². The van der Waals surface area contributed by atoms with Crippen molar-refractivity contribution in [2.75, 3.05) is 13.7 Å². The summed E-state index contributed by atoms with van der Waals surface area (Å²) in [6.45, 7) is 4.22. The number of carbonyl (C=O) groups excluding carboxylic acids is 1. The van der Waals surface area contributed by atoms with Crippen molar-refractivity contribution < 1.29 is 24.9 Å². The smallest absolute Gasteiger partial charge is 0.337 e. The third-order valence-corrected chi connectivity index (χ3v) is 5.10. The van der Waals surface area contributed by atoms with Gasteiger partial charge in [0, 0.05) is 18.2 Å². The molecule has 0 heterocycles. The third-order valence-electron chi connectivity index (χ3n) is 5.10. The summed E-state index contributed by atoms with van der Waals surface area (Å²) in [5, 5.41) is 32.7. The van der Waals surface area contributed by atoms with Crippen LogP contribution in [-0.2, 0) is 11.3 Å². The lowest BCUT2D eigenvalue weighted by molar-refractivity contribution is 0.0600. The zero-order valence-electron chi connectivity index (χ0n) is 16.6. The Bertz CT molecular complexity index is 775. The Labute approximate surface area is 165 Å². The number of ether oxygens (including phenoxy) is 1. The van der Waals surface area contributed by atoms with Gasteiger partial charge in [0.15, 0.2) is 0 Å². The van der Waals surface area contributed by atoms with Crippen molar-refractivity contribution in [3.05, 3.63) is 64.7 Å². The minimum atomic E-state index is -0.757. The first-order valence-electron chi connectivity index (χ1n) is 9.43. The summed E-state index contributed by atoms with van der Waals surface area (Å²) in [6, 6.07) is 12.2. The molecule has 0 saturated carbocycles. The molecule has 2 aromatic rings. The molecule has 6 nitrogen and oxygen atoms in total. The molecule has 152 valence electrons. The Balaban J connectivity index is 2.01. The lowest BCUT2D eigenvalue weighted by Gasteiger charge is -2.26. The van der Waals surface area contributed by atoms with Crippen LogP contribution in [0.1, 0.15) is 59.3 Å². The normalized spacial score (nSPS) is 14.3. The molecule has 0 amide bonds. The highest BCUT2D eigenvalue weighted by Crippen LogP contribution is 2.26. The summed E-state index contributed by atoms with van der Waals surface area (Å²) in [6.07, 6.45) is 0.142. The van der Waals surface area contributed by atoms with Gasteiger partial charge in [-0.05, 0) is 54.7 Å². The van der Waals surface area contributed by atoms with E-state index in [-0.39, 0.29) is 30.3 Å². The SMILES string of the molecule is CCC(c1ccc(C(=O)OC)cc1)C(C)NCC(O)c1ccc(O)c(CO)c1. The van der Waals surface area contributed by atoms with Crippen molar-refractivity contribution in [1.29, 1.82) is 0 Å². The molecule has 0 aliphatic heterocycles. The van der Waals surface area contributed by atoms with Gasteiger partial charge in [0.1, 0.15) is 5.75 Å². The van der Waals surface area contributed by atoms with Crippen molar-refractivity contribution in [3.8, 4) is 5.75 Å². The fourth-order valence-electron chi connectivity index (χ4n) is 3.36. The van der Waals surface area contributed by atoms with E-state index in [1.165, 1.54) is 13.2 Å². The zero-order valence-corrected chi connectivity index (χ0v) is 16.6. The van der Waals surface area contributed by atoms with Gasteiger partial charge in [-0.3, -0.25) is 0 Å². The topological polar surface area (TPSA) is 99.0 Å². The summed E-state index contributed by atoms with van der Waals surface area (Å²) >= 11 is 0. The standard InChI is InChI=1S/C22H29NO5/c1-4-19(15-5-7-16(8-6-15)22(27)28-3)14(2)23-12-21(26)17-9-10-20(25)18(11-17)13-24/h5-11,14,19,21,23-26H,4,12-13H2,1-3H3. The number of nitrogens with one attached hydrogen (secondary N) is 1. The van der Waals surface area contributed by atoms with Gasteiger partial charge >= 0.3 is 5.97 Å². The number of aliphatic hydroxyl groups is 2. The van der Waals surface area contributed by atoms with E-state index >= 15 is 0 Å². The van der Waals surface area contributed by atoms with E-state index in [9.17, 15) is 20.1 Å². The van der Waals surface area contributed by atoms with E-state index in [1.54, 1.807) is 24.3 Å². The van der Waals surface area contributed by atoms with Gasteiger partial charge in [0.2, 0.25) is 0 Å². The predicted molar refractivity (Wildman–Crippen MR) is 107 cm³/mol. The Hall–Kier alpha value is -2.41. The minimum absolute atomic E-state index is 0.0150. The van der Waals surface area contributed by atoms with Crippen LogP contribution < -0.4 is 5.32 Å². The summed E-state index contributed by atoms with van der Waals surface area (Å²) in [4.78, 5) is 11.6. The molecule has 0 saturated heterocycles. The Morgan fingerprint density at radius 3 is 2.36 bits per heavy atom. The number of methoxy groups -OCH3 is 1. The molecule has 0 aromatic heterocycles. The molecule has 0 radical (unpaired) electrons. The first kappa shape index (κ1) is 21.9. The molecule has 2 aromatic carbocycles. The molecule has 0 aliphatic carbocycles. The van der Waals surface area contributed by atoms with E-state index in [0.29, 0.717) is 23.2 Å². The number of hydrogen-bond acceptors (Lipinski definition) is 6. The Morgan fingerprint density at radius 2 is 1.79 bits per heavy atom. The second kappa shape index (κ2) is 10.2. The average molecular weight is 387 g/mol. The lowest BCUT2D eigenvalue weighted by Crippen LogP contribution is -2.35. The summed E-state index contributed by atoms with van der Waals surface area (Å²) in [7, 11) is 1.36. The van der Waals surface area contributed by atoms with Crippen molar-refractivity contribution in [2.45, 2.75) is 44.9 Å². The highest BCUT2D eigenvalue weighted by Gasteiger charge is 2.19. The van der Waals surface area contributed by atoms with Crippen LogP contribution in [0.2, 0.25) is 0 Å². The molecular formula is C22H29NO5. The fourth-order valence-corrected chi connectivity index (χ4v) is 3.36. The van der Waals surface area contributed by atoms with Crippen LogP contribution in [0.5, 0.6) is 5.75 Å². The van der Waals surface area contributed by atoms with Crippen LogP contribution in [-0.4, -0.2) is 41.0 Å². The maximum Gasteiger partial charge on any atom is 0.337 e. The molecule has 0 fully saturated rings. The van der Waals surface area contributed by atoms with Gasteiger partial charge < -0.3 is 25.4 Å². The van der Waals surface area contributed by atoms with Crippen LogP contribution in [0.3, 0.4) is 0 Å². The fraction of sp³-hybridized carbons (Fsp3) is 0.409. The van der Waals surface area contributed by atoms with E-state index in [4.69, 9.17) is 4.74 Å². The number of hydrogen-bond donors (Lipinski definition) is 4. The predicted octanol–water partition coefficient (Wildman–Crippen LogP) is 2.88. The monoisotopic (exact) mass is 387 g/mol. The Morgan fingerprint density at radius 1 is 1.14 bits per heavy atom. The van der Waals surface area contributed by atoms with Crippen molar-refractivity contribution >= 4 is 5.97 Å². The van der Waals surface area contributed by atoms with Gasteiger partial charge in [-0.2, -0.15) is 0 Å². The molecule has 6 heteroatoms. The van der Waals surface area contributed by atoms with Gasteiger partial charge in [-0.25, -0.2) is 4.79 Å². The van der Waals surface area contributed by atoms with Gasteiger partial charge in [0.05, 0.1) is 25.4 Å². The first-order chi connectivity index (χ1) is 13.4. The maximum absolute atomic E-state index is 11.6. The molecule has 4 N–H and O–H groups in total. The highest BCUT2D eigenvalue weighted by atomic mass is 16.5. The summed E-state index contributed by atoms with van der Waals surface area (Å²) in [5.74, 6) is -0.127. The number of benzene rings is 2. The number of aliphatic hydroxyl groups excluding tert-OH is 2.